The number of carbonyl (C=O) groups is 2. The van der Waals surface area contributed by atoms with Crippen LogP contribution in [0.1, 0.15) is 19.3 Å². The lowest BCUT2D eigenvalue weighted by Crippen LogP contribution is -2.18. The average molecular weight is 220 g/mol. The van der Waals surface area contributed by atoms with Crippen molar-refractivity contribution in [1.29, 1.82) is 0 Å². The molecule has 5 nitrogen and oxygen atoms in total. The summed E-state index contributed by atoms with van der Waals surface area (Å²) in [4.78, 5) is 30.0. The van der Waals surface area contributed by atoms with Crippen molar-refractivity contribution < 1.29 is 24.6 Å². The molecule has 14 heavy (non-hydrogen) atoms. The minimum atomic E-state index is -1.64. The summed E-state index contributed by atoms with van der Waals surface area (Å²) < 4.78 is 0. The molecule has 0 aromatic rings. The number of carboxylic acids is 2. The van der Waals surface area contributed by atoms with Crippen molar-refractivity contribution in [3.63, 3.8) is 0 Å². The fourth-order valence-electron chi connectivity index (χ4n) is 1.18. The number of rotatable bonds is 7. The van der Waals surface area contributed by atoms with Crippen LogP contribution in [0.2, 0.25) is 12.6 Å². The molecule has 0 aliphatic carbocycles. The van der Waals surface area contributed by atoms with Crippen LogP contribution in [0.3, 0.4) is 0 Å². The summed E-state index contributed by atoms with van der Waals surface area (Å²) in [6.07, 6.45) is 0.588. The first kappa shape index (κ1) is 13.1. The Bertz CT molecular complexity index is 204. The van der Waals surface area contributed by atoms with E-state index in [1.165, 1.54) is 0 Å². The molecule has 0 saturated carbocycles. The van der Waals surface area contributed by atoms with Crippen LogP contribution in [0.5, 0.6) is 0 Å². The summed E-state index contributed by atoms with van der Waals surface area (Å²) in [7, 11) is -1.64. The molecule has 82 valence electrons. The Kier molecular flexibility index (Phi) is 6.14. The van der Waals surface area contributed by atoms with Gasteiger partial charge in [0, 0.05) is 0 Å². The second-order valence-electron chi connectivity index (χ2n) is 3.41. The second kappa shape index (κ2) is 6.55. The van der Waals surface area contributed by atoms with Gasteiger partial charge in [0.05, 0.1) is 12.3 Å². The summed E-state index contributed by atoms with van der Waals surface area (Å²) in [5, 5.41) is 17.1. The monoisotopic (exact) mass is 220 g/mol. The number of hydrogen-bond donors (Lipinski definition) is 3. The van der Waals surface area contributed by atoms with Gasteiger partial charge in [-0.05, 0) is 19.0 Å². The molecule has 0 aliphatic rings. The molecule has 0 fully saturated rings. The molecule has 0 aliphatic heterocycles. The molecular weight excluding hydrogens is 204 g/mol. The average Bonchev–Trinajstić information content (AvgIpc) is 2.00. The lowest BCUT2D eigenvalue weighted by molar-refractivity contribution is -0.148. The van der Waals surface area contributed by atoms with Gasteiger partial charge < -0.3 is 15.0 Å². The van der Waals surface area contributed by atoms with E-state index in [0.29, 0.717) is 18.9 Å². The molecule has 6 heteroatoms. The van der Waals surface area contributed by atoms with E-state index in [-0.39, 0.29) is 6.42 Å². The Morgan fingerprint density at radius 3 is 2.29 bits per heavy atom. The van der Waals surface area contributed by atoms with Crippen molar-refractivity contribution in [1.82, 2.24) is 0 Å². The highest BCUT2D eigenvalue weighted by atomic mass is 28.3. The van der Waals surface area contributed by atoms with E-state index in [2.05, 4.69) is 0 Å². The van der Waals surface area contributed by atoms with Crippen LogP contribution in [0.4, 0.5) is 0 Å². The van der Waals surface area contributed by atoms with E-state index in [4.69, 9.17) is 15.0 Å². The third-order valence-electron chi connectivity index (χ3n) is 1.94. The largest absolute Gasteiger partial charge is 0.481 e. The molecule has 2 unspecified atom stereocenters. The maximum absolute atomic E-state index is 10.6. The second-order valence-corrected chi connectivity index (χ2v) is 5.69. The summed E-state index contributed by atoms with van der Waals surface area (Å²) >= 11 is 0. The van der Waals surface area contributed by atoms with Crippen molar-refractivity contribution in [2.75, 3.05) is 0 Å². The molecular formula is C8H16O5Si. The first-order valence-corrected chi connectivity index (χ1v) is 7.05. The fraction of sp³-hybridized carbons (Fsp3) is 0.750. The van der Waals surface area contributed by atoms with Gasteiger partial charge in [-0.15, -0.1) is 0 Å². The summed E-state index contributed by atoms with van der Waals surface area (Å²) in [5.74, 6) is -2.98. The van der Waals surface area contributed by atoms with E-state index in [9.17, 15) is 9.59 Å². The van der Waals surface area contributed by atoms with Crippen LogP contribution in [-0.4, -0.2) is 36.0 Å². The Morgan fingerprint density at radius 1 is 1.36 bits per heavy atom. The molecule has 2 atom stereocenters. The molecule has 0 heterocycles. The highest BCUT2D eigenvalue weighted by Gasteiger charge is 2.20. The normalized spacial score (nSPS) is 14.7. The zero-order valence-corrected chi connectivity index (χ0v) is 9.30. The smallest absolute Gasteiger partial charge is 0.307 e. The molecule has 0 aromatic carbocycles. The minimum Gasteiger partial charge on any atom is -0.481 e. The zero-order valence-electron chi connectivity index (χ0n) is 8.14. The van der Waals surface area contributed by atoms with Gasteiger partial charge in [0.1, 0.15) is 0 Å². The van der Waals surface area contributed by atoms with Crippen LogP contribution in [0.25, 0.3) is 0 Å². The molecule has 0 spiro atoms. The maximum atomic E-state index is 10.6. The predicted molar refractivity (Wildman–Crippen MR) is 52.7 cm³/mol. The Balaban J connectivity index is 3.86. The zero-order chi connectivity index (χ0) is 11.1. The molecule has 0 amide bonds. The van der Waals surface area contributed by atoms with Crippen LogP contribution in [0.15, 0.2) is 0 Å². The van der Waals surface area contributed by atoms with E-state index < -0.39 is 26.9 Å². The topological polar surface area (TPSA) is 94.8 Å². The van der Waals surface area contributed by atoms with E-state index in [0.717, 1.165) is 0 Å². The quantitative estimate of drug-likeness (QED) is 0.536. The van der Waals surface area contributed by atoms with Crippen molar-refractivity contribution in [3.8, 4) is 0 Å². The standard InChI is InChI=1S/C8H16O5Si/c1-14(13)4-2-3-6(8(11)12)5-7(9)10/h6,13-14H,2-5H2,1H3,(H,9,10)(H,11,12). The number of aliphatic carboxylic acids is 2. The van der Waals surface area contributed by atoms with E-state index in [1.807, 2.05) is 0 Å². The Morgan fingerprint density at radius 2 is 1.93 bits per heavy atom. The Hall–Kier alpha value is -0.883. The van der Waals surface area contributed by atoms with Crippen LogP contribution < -0.4 is 0 Å². The van der Waals surface area contributed by atoms with Crippen LogP contribution in [0, 0.1) is 5.92 Å². The van der Waals surface area contributed by atoms with Crippen molar-refractivity contribution in [2.24, 2.45) is 5.92 Å². The third kappa shape index (κ3) is 6.61. The molecule has 0 rings (SSSR count). The Labute approximate surface area is 84.1 Å². The van der Waals surface area contributed by atoms with Gasteiger partial charge >= 0.3 is 11.9 Å². The van der Waals surface area contributed by atoms with Crippen molar-refractivity contribution >= 4 is 21.0 Å². The van der Waals surface area contributed by atoms with Gasteiger partial charge in [-0.2, -0.15) is 0 Å². The summed E-state index contributed by atoms with van der Waals surface area (Å²) in [6.45, 7) is 1.76. The maximum Gasteiger partial charge on any atom is 0.307 e. The lowest BCUT2D eigenvalue weighted by Gasteiger charge is -2.09. The fourth-order valence-corrected chi connectivity index (χ4v) is 2.01. The predicted octanol–water partition coefficient (Wildman–Crippen LogP) is 0.288. The van der Waals surface area contributed by atoms with Gasteiger partial charge in [0.25, 0.3) is 0 Å². The third-order valence-corrected chi connectivity index (χ3v) is 3.19. The lowest BCUT2D eigenvalue weighted by atomic mass is 10.0. The minimum absolute atomic E-state index is 0.333. The van der Waals surface area contributed by atoms with Gasteiger partial charge in [0.15, 0.2) is 9.04 Å². The number of hydrogen-bond acceptors (Lipinski definition) is 3. The van der Waals surface area contributed by atoms with Gasteiger partial charge in [-0.1, -0.05) is 6.42 Å². The van der Waals surface area contributed by atoms with Crippen molar-refractivity contribution in [3.05, 3.63) is 0 Å². The first-order valence-electron chi connectivity index (χ1n) is 4.56. The van der Waals surface area contributed by atoms with Crippen LogP contribution >= 0.6 is 0 Å². The highest BCUT2D eigenvalue weighted by Crippen LogP contribution is 2.14. The molecule has 0 radical (unpaired) electrons. The molecule has 3 N–H and O–H groups in total. The summed E-state index contributed by atoms with van der Waals surface area (Å²) in [5.41, 5.74) is 0. The first-order chi connectivity index (χ1) is 6.43. The van der Waals surface area contributed by atoms with Gasteiger partial charge in [0.2, 0.25) is 0 Å². The highest BCUT2D eigenvalue weighted by molar-refractivity contribution is 6.48. The van der Waals surface area contributed by atoms with Gasteiger partial charge in [-0.25, -0.2) is 0 Å². The van der Waals surface area contributed by atoms with E-state index >= 15 is 0 Å². The SMILES string of the molecule is C[SiH](O)CCCC(CC(=O)O)C(=O)O. The molecule has 0 saturated heterocycles. The summed E-state index contributed by atoms with van der Waals surface area (Å²) in [6, 6.07) is 0.642. The molecule has 0 bridgehead atoms. The number of carboxylic acid groups (broad SMARTS) is 2. The van der Waals surface area contributed by atoms with Crippen LogP contribution in [-0.2, 0) is 9.59 Å². The van der Waals surface area contributed by atoms with Gasteiger partial charge in [-0.3, -0.25) is 9.59 Å². The molecule has 0 aromatic heterocycles. The van der Waals surface area contributed by atoms with Crippen molar-refractivity contribution in [2.45, 2.75) is 31.9 Å². The van der Waals surface area contributed by atoms with E-state index in [1.54, 1.807) is 6.55 Å².